The molecular formula is C15H16N8. The molecule has 0 saturated carbocycles. The van der Waals surface area contributed by atoms with E-state index in [1.807, 2.05) is 35.5 Å². The van der Waals surface area contributed by atoms with E-state index in [-0.39, 0.29) is 0 Å². The Morgan fingerprint density at radius 2 is 2.00 bits per heavy atom. The summed E-state index contributed by atoms with van der Waals surface area (Å²) in [4.78, 5) is 4.15. The van der Waals surface area contributed by atoms with Gasteiger partial charge in [0.1, 0.15) is 11.3 Å². The highest BCUT2D eigenvalue weighted by atomic mass is 15.7. The number of H-pyrrole nitrogens is 1. The zero-order valence-corrected chi connectivity index (χ0v) is 12.3. The Kier molecular flexibility index (Phi) is 3.28. The van der Waals surface area contributed by atoms with E-state index in [1.165, 1.54) is 5.56 Å². The van der Waals surface area contributed by atoms with E-state index < -0.39 is 0 Å². The van der Waals surface area contributed by atoms with Crippen LogP contribution in [0.3, 0.4) is 0 Å². The van der Waals surface area contributed by atoms with Crippen LogP contribution in [0.25, 0.3) is 11.2 Å². The van der Waals surface area contributed by atoms with Crippen molar-refractivity contribution >= 4 is 17.0 Å². The van der Waals surface area contributed by atoms with Gasteiger partial charge in [0, 0.05) is 18.3 Å². The third-order valence-electron chi connectivity index (χ3n) is 3.64. The molecule has 4 rings (SSSR count). The van der Waals surface area contributed by atoms with E-state index in [0.29, 0.717) is 17.9 Å². The minimum absolute atomic E-state index is 0.439. The van der Waals surface area contributed by atoms with Crippen molar-refractivity contribution in [1.82, 2.24) is 36.4 Å². The number of hydrazine groups is 2. The van der Waals surface area contributed by atoms with Gasteiger partial charge in [0.25, 0.3) is 0 Å². The number of anilines is 1. The zero-order chi connectivity index (χ0) is 15.6. The highest BCUT2D eigenvalue weighted by molar-refractivity contribution is 5.75. The molecule has 1 aliphatic heterocycles. The van der Waals surface area contributed by atoms with Crippen LogP contribution in [0.4, 0.5) is 5.82 Å². The molecule has 8 nitrogen and oxygen atoms in total. The van der Waals surface area contributed by atoms with Crippen molar-refractivity contribution < 1.29 is 0 Å². The predicted octanol–water partition coefficient (Wildman–Crippen LogP) is 0.844. The van der Waals surface area contributed by atoms with Crippen molar-refractivity contribution in [3.63, 3.8) is 0 Å². The van der Waals surface area contributed by atoms with Crippen LogP contribution in [0.1, 0.15) is 11.1 Å². The summed E-state index contributed by atoms with van der Waals surface area (Å²) in [5, 5.41) is 12.7. The number of nitrogens with zero attached hydrogens (tertiary/aromatic N) is 4. The number of fused-ring (bicyclic) bond motifs is 1. The molecule has 0 fully saturated rings. The monoisotopic (exact) mass is 308 g/mol. The van der Waals surface area contributed by atoms with Crippen molar-refractivity contribution in [3.8, 4) is 0 Å². The van der Waals surface area contributed by atoms with E-state index in [4.69, 9.17) is 5.73 Å². The molecule has 0 amide bonds. The lowest BCUT2D eigenvalue weighted by atomic mass is 10.1. The zero-order valence-electron chi connectivity index (χ0n) is 12.3. The second kappa shape index (κ2) is 5.58. The Morgan fingerprint density at radius 3 is 2.87 bits per heavy atom. The average molecular weight is 308 g/mol. The lowest BCUT2D eigenvalue weighted by Crippen LogP contribution is -2.36. The first-order valence-corrected chi connectivity index (χ1v) is 7.27. The van der Waals surface area contributed by atoms with Crippen LogP contribution in [0, 0.1) is 0 Å². The van der Waals surface area contributed by atoms with Gasteiger partial charge in [-0.1, -0.05) is 30.3 Å². The second-order valence-electron chi connectivity index (χ2n) is 5.38. The van der Waals surface area contributed by atoms with Gasteiger partial charge in [-0.2, -0.15) is 10.3 Å². The van der Waals surface area contributed by atoms with Crippen molar-refractivity contribution in [2.45, 2.75) is 13.0 Å². The van der Waals surface area contributed by atoms with Crippen LogP contribution < -0.4 is 16.7 Å². The SMILES string of the molecule is Nc1cc(CC2=CN(Cc3ccccc3)NN2)c2n[nH]nc2n1. The van der Waals surface area contributed by atoms with Crippen LogP contribution in [-0.2, 0) is 13.0 Å². The smallest absolute Gasteiger partial charge is 0.203 e. The molecule has 3 heterocycles. The molecule has 0 unspecified atom stereocenters. The Morgan fingerprint density at radius 1 is 1.13 bits per heavy atom. The second-order valence-corrected chi connectivity index (χ2v) is 5.38. The van der Waals surface area contributed by atoms with Crippen LogP contribution in [0.15, 0.2) is 48.3 Å². The fraction of sp³-hybridized carbons (Fsp3) is 0.133. The van der Waals surface area contributed by atoms with Gasteiger partial charge < -0.3 is 11.2 Å². The molecular weight excluding hydrogens is 292 g/mol. The molecule has 0 bridgehead atoms. The topological polar surface area (TPSA) is 108 Å². The van der Waals surface area contributed by atoms with Crippen LogP contribution >= 0.6 is 0 Å². The lowest BCUT2D eigenvalue weighted by Gasteiger charge is -2.14. The van der Waals surface area contributed by atoms with Crippen molar-refractivity contribution in [3.05, 3.63) is 59.4 Å². The molecule has 0 atom stereocenters. The standard InChI is InChI=1S/C15H16N8/c16-13-7-11(14-15(17-13)20-21-19-14)6-12-9-23(22-18-12)8-10-4-2-1-3-5-10/h1-5,7,9,18,22H,6,8H2,(H3,16,17,19,20,21). The van der Waals surface area contributed by atoms with E-state index >= 15 is 0 Å². The molecule has 1 aromatic carbocycles. The van der Waals surface area contributed by atoms with Crippen molar-refractivity contribution in [2.75, 3.05) is 5.73 Å². The largest absolute Gasteiger partial charge is 0.384 e. The van der Waals surface area contributed by atoms with Crippen LogP contribution in [-0.4, -0.2) is 25.4 Å². The Hall–Kier alpha value is -3.13. The minimum atomic E-state index is 0.439. The average Bonchev–Trinajstić information content (AvgIpc) is 3.17. The molecule has 116 valence electrons. The summed E-state index contributed by atoms with van der Waals surface area (Å²) >= 11 is 0. The maximum Gasteiger partial charge on any atom is 0.203 e. The highest BCUT2D eigenvalue weighted by Crippen LogP contribution is 2.19. The van der Waals surface area contributed by atoms with Gasteiger partial charge in [-0.25, -0.2) is 4.98 Å². The van der Waals surface area contributed by atoms with Gasteiger partial charge in [0.05, 0.1) is 6.54 Å². The molecule has 8 heteroatoms. The summed E-state index contributed by atoms with van der Waals surface area (Å²) in [6, 6.07) is 12.1. The van der Waals surface area contributed by atoms with Gasteiger partial charge in [-0.15, -0.1) is 10.6 Å². The number of nitrogens with two attached hydrogens (primary N) is 1. The molecule has 0 spiro atoms. The van der Waals surface area contributed by atoms with E-state index in [2.05, 4.69) is 43.5 Å². The van der Waals surface area contributed by atoms with Gasteiger partial charge in [0.15, 0.2) is 0 Å². The maximum absolute atomic E-state index is 5.83. The number of nitrogens with one attached hydrogen (secondary N) is 3. The molecule has 0 aliphatic carbocycles. The number of nitrogen functional groups attached to an aromatic ring is 1. The third-order valence-corrected chi connectivity index (χ3v) is 3.64. The highest BCUT2D eigenvalue weighted by Gasteiger charge is 2.15. The molecule has 23 heavy (non-hydrogen) atoms. The number of rotatable bonds is 4. The van der Waals surface area contributed by atoms with Crippen molar-refractivity contribution in [1.29, 1.82) is 0 Å². The summed E-state index contributed by atoms with van der Waals surface area (Å²) in [5.41, 5.74) is 16.6. The first-order valence-electron chi connectivity index (χ1n) is 7.27. The summed E-state index contributed by atoms with van der Waals surface area (Å²) < 4.78 is 0. The number of allylic oxidation sites excluding steroid dienone is 1. The van der Waals surface area contributed by atoms with E-state index in [9.17, 15) is 0 Å². The van der Waals surface area contributed by atoms with Gasteiger partial charge in [-0.3, -0.25) is 5.01 Å². The number of benzene rings is 1. The molecule has 5 N–H and O–H groups in total. The number of aromatic amines is 1. The van der Waals surface area contributed by atoms with Crippen molar-refractivity contribution in [2.24, 2.45) is 0 Å². The van der Waals surface area contributed by atoms with Crippen LogP contribution in [0.2, 0.25) is 0 Å². The Bertz CT molecular complexity index is 854. The predicted molar refractivity (Wildman–Crippen MR) is 86.1 cm³/mol. The third kappa shape index (κ3) is 2.79. The lowest BCUT2D eigenvalue weighted by molar-refractivity contribution is 0.262. The molecule has 1 aliphatic rings. The number of aromatic nitrogens is 4. The number of pyridine rings is 1. The normalized spacial score (nSPS) is 14.1. The minimum Gasteiger partial charge on any atom is -0.384 e. The summed E-state index contributed by atoms with van der Waals surface area (Å²) in [5.74, 6) is 0.439. The fourth-order valence-corrected chi connectivity index (χ4v) is 2.61. The summed E-state index contributed by atoms with van der Waals surface area (Å²) in [6.45, 7) is 0.773. The first kappa shape index (κ1) is 13.5. The van der Waals surface area contributed by atoms with Crippen LogP contribution in [0.5, 0.6) is 0 Å². The maximum atomic E-state index is 5.83. The summed E-state index contributed by atoms with van der Waals surface area (Å²) in [6.07, 6.45) is 2.70. The van der Waals surface area contributed by atoms with E-state index in [0.717, 1.165) is 23.3 Å². The Labute approximate surface area is 132 Å². The van der Waals surface area contributed by atoms with Gasteiger partial charge >= 0.3 is 0 Å². The molecule has 0 saturated heterocycles. The molecule has 3 aromatic rings. The first-order chi connectivity index (χ1) is 11.3. The molecule has 2 aromatic heterocycles. The quantitative estimate of drug-likeness (QED) is 0.566. The summed E-state index contributed by atoms with van der Waals surface area (Å²) in [7, 11) is 0. The van der Waals surface area contributed by atoms with Gasteiger partial charge in [-0.05, 0) is 17.2 Å². The van der Waals surface area contributed by atoms with E-state index in [1.54, 1.807) is 0 Å². The van der Waals surface area contributed by atoms with Gasteiger partial charge in [0.2, 0.25) is 5.65 Å². The molecule has 0 radical (unpaired) electrons. The fourth-order valence-electron chi connectivity index (χ4n) is 2.61. The number of hydrogen-bond donors (Lipinski definition) is 4. The Balaban J connectivity index is 1.52. The number of hydrogen-bond acceptors (Lipinski definition) is 7.